The topological polar surface area (TPSA) is 76.1 Å². The zero-order valence-electron chi connectivity index (χ0n) is 19.3. The fourth-order valence-corrected chi connectivity index (χ4v) is 4.30. The Hall–Kier alpha value is -3.34. The molecule has 1 saturated heterocycles. The highest BCUT2D eigenvalue weighted by molar-refractivity contribution is 6.33. The van der Waals surface area contributed by atoms with E-state index >= 15 is 0 Å². The van der Waals surface area contributed by atoms with E-state index in [-0.39, 0.29) is 6.10 Å². The summed E-state index contributed by atoms with van der Waals surface area (Å²) < 4.78 is 44.6. The summed E-state index contributed by atoms with van der Waals surface area (Å²) in [5.41, 5.74) is 2.04. The normalized spacial score (nSPS) is 16.9. The zero-order valence-corrected chi connectivity index (χ0v) is 20.0. The van der Waals surface area contributed by atoms with Crippen LogP contribution < -0.4 is 5.32 Å². The first-order valence-electron chi connectivity index (χ1n) is 11.3. The minimum atomic E-state index is -4.41. The van der Waals surface area contributed by atoms with Gasteiger partial charge in [0.25, 0.3) is 0 Å². The third kappa shape index (κ3) is 5.40. The maximum Gasteiger partial charge on any atom is 0.416 e. The summed E-state index contributed by atoms with van der Waals surface area (Å²) in [4.78, 5) is 20.5. The number of ether oxygens (including phenoxy) is 1. The molecule has 186 valence electrons. The van der Waals surface area contributed by atoms with Crippen molar-refractivity contribution in [1.82, 2.24) is 24.8 Å². The van der Waals surface area contributed by atoms with Gasteiger partial charge in [-0.3, -0.25) is 9.88 Å². The van der Waals surface area contributed by atoms with Crippen molar-refractivity contribution in [3.05, 3.63) is 71.3 Å². The molecule has 36 heavy (non-hydrogen) atoms. The van der Waals surface area contributed by atoms with E-state index in [1.807, 2.05) is 13.0 Å². The van der Waals surface area contributed by atoms with Gasteiger partial charge in [-0.25, -0.2) is 15.0 Å². The summed E-state index contributed by atoms with van der Waals surface area (Å²) in [5.74, 6) is 0.951. The number of benzene rings is 1. The molecular formula is C25H22ClF3N6O. The molecule has 11 heteroatoms. The molecule has 1 aliphatic rings. The predicted molar refractivity (Wildman–Crippen MR) is 131 cm³/mol. The summed E-state index contributed by atoms with van der Waals surface area (Å²) in [7, 11) is 0. The van der Waals surface area contributed by atoms with Crippen LogP contribution in [-0.2, 0) is 17.5 Å². The second kappa shape index (κ2) is 9.96. The molecule has 0 spiro atoms. The van der Waals surface area contributed by atoms with E-state index < -0.39 is 11.7 Å². The number of hydrogen-bond acceptors (Lipinski definition) is 7. The molecule has 0 radical (unpaired) electrons. The van der Waals surface area contributed by atoms with Gasteiger partial charge in [0.15, 0.2) is 5.82 Å². The number of pyridine rings is 2. The SMILES string of the molecule is C[C@H]1CN(Cc2nc(Nc3ccc(C(F)(F)F)cc3)c3ncc(-c4ncccc4Cl)cc3n2)CCO1. The van der Waals surface area contributed by atoms with Crippen LogP contribution in [-0.4, -0.2) is 50.6 Å². The first kappa shape index (κ1) is 24.4. The van der Waals surface area contributed by atoms with Crippen molar-refractivity contribution in [3.8, 4) is 11.3 Å². The van der Waals surface area contributed by atoms with Crippen molar-refractivity contribution in [2.45, 2.75) is 25.7 Å². The van der Waals surface area contributed by atoms with E-state index in [4.69, 9.17) is 21.3 Å². The molecule has 1 fully saturated rings. The summed E-state index contributed by atoms with van der Waals surface area (Å²) in [6, 6.07) is 10.1. The Morgan fingerprint density at radius 1 is 1.14 bits per heavy atom. The smallest absolute Gasteiger partial charge is 0.376 e. The number of nitrogens with zero attached hydrogens (tertiary/aromatic N) is 5. The highest BCUT2D eigenvalue weighted by atomic mass is 35.5. The molecule has 3 aromatic heterocycles. The number of fused-ring (bicyclic) bond motifs is 1. The van der Waals surface area contributed by atoms with Crippen molar-refractivity contribution in [3.63, 3.8) is 0 Å². The Morgan fingerprint density at radius 3 is 2.67 bits per heavy atom. The Morgan fingerprint density at radius 2 is 1.94 bits per heavy atom. The lowest BCUT2D eigenvalue weighted by molar-refractivity contribution is -0.137. The van der Waals surface area contributed by atoms with Crippen LogP contribution in [0.1, 0.15) is 18.3 Å². The lowest BCUT2D eigenvalue weighted by Crippen LogP contribution is -2.40. The molecule has 5 rings (SSSR count). The van der Waals surface area contributed by atoms with Gasteiger partial charge in [0.1, 0.15) is 11.3 Å². The first-order chi connectivity index (χ1) is 17.3. The maximum atomic E-state index is 13.0. The third-order valence-electron chi connectivity index (χ3n) is 5.78. The van der Waals surface area contributed by atoms with Crippen molar-refractivity contribution >= 4 is 34.1 Å². The molecule has 0 aliphatic carbocycles. The van der Waals surface area contributed by atoms with Gasteiger partial charge in [0, 0.05) is 36.7 Å². The van der Waals surface area contributed by atoms with E-state index in [0.29, 0.717) is 57.8 Å². The monoisotopic (exact) mass is 514 g/mol. The quantitative estimate of drug-likeness (QED) is 0.365. The van der Waals surface area contributed by atoms with Crippen LogP contribution in [0.3, 0.4) is 0 Å². The largest absolute Gasteiger partial charge is 0.416 e. The minimum absolute atomic E-state index is 0.100. The second-order valence-corrected chi connectivity index (χ2v) is 8.94. The average Bonchev–Trinajstić information content (AvgIpc) is 2.84. The van der Waals surface area contributed by atoms with Crippen LogP contribution in [0.2, 0.25) is 5.02 Å². The molecule has 4 aromatic rings. The molecule has 0 bridgehead atoms. The predicted octanol–water partition coefficient (Wildman–Crippen LogP) is 5.72. The van der Waals surface area contributed by atoms with Crippen LogP contribution in [0.5, 0.6) is 0 Å². The number of morpholine rings is 1. The summed E-state index contributed by atoms with van der Waals surface area (Å²) in [6.07, 6.45) is -1.04. The lowest BCUT2D eigenvalue weighted by Gasteiger charge is -2.30. The van der Waals surface area contributed by atoms with E-state index in [0.717, 1.165) is 25.2 Å². The maximum absolute atomic E-state index is 13.0. The summed E-state index contributed by atoms with van der Waals surface area (Å²) in [5, 5.41) is 3.60. The molecule has 0 amide bonds. The molecular weight excluding hydrogens is 493 g/mol. The number of alkyl halides is 3. The number of halogens is 4. The Kier molecular flexibility index (Phi) is 6.74. The average molecular weight is 515 g/mol. The molecule has 1 aliphatic heterocycles. The fourth-order valence-electron chi connectivity index (χ4n) is 4.07. The number of anilines is 2. The lowest BCUT2D eigenvalue weighted by atomic mass is 10.1. The molecule has 4 heterocycles. The van der Waals surface area contributed by atoms with Crippen LogP contribution in [0.15, 0.2) is 54.9 Å². The molecule has 1 N–H and O–H groups in total. The number of aromatic nitrogens is 4. The van der Waals surface area contributed by atoms with Crippen molar-refractivity contribution in [2.75, 3.05) is 25.0 Å². The first-order valence-corrected chi connectivity index (χ1v) is 11.7. The second-order valence-electron chi connectivity index (χ2n) is 8.53. The van der Waals surface area contributed by atoms with Gasteiger partial charge in [-0.2, -0.15) is 13.2 Å². The molecule has 0 unspecified atom stereocenters. The van der Waals surface area contributed by atoms with E-state index in [2.05, 4.69) is 25.2 Å². The third-order valence-corrected chi connectivity index (χ3v) is 6.08. The number of rotatable bonds is 5. The summed E-state index contributed by atoms with van der Waals surface area (Å²) >= 11 is 6.33. The minimum Gasteiger partial charge on any atom is -0.376 e. The van der Waals surface area contributed by atoms with Crippen molar-refractivity contribution in [2.24, 2.45) is 0 Å². The van der Waals surface area contributed by atoms with Gasteiger partial charge in [-0.05, 0) is 49.4 Å². The molecule has 0 saturated carbocycles. The van der Waals surface area contributed by atoms with Crippen LogP contribution in [0.25, 0.3) is 22.3 Å². The van der Waals surface area contributed by atoms with Gasteiger partial charge >= 0.3 is 6.18 Å². The van der Waals surface area contributed by atoms with Gasteiger partial charge < -0.3 is 10.1 Å². The summed E-state index contributed by atoms with van der Waals surface area (Å²) in [6.45, 7) is 4.60. The molecule has 1 aromatic carbocycles. The zero-order chi connectivity index (χ0) is 25.3. The molecule has 1 atom stereocenters. The number of hydrogen-bond donors (Lipinski definition) is 1. The van der Waals surface area contributed by atoms with E-state index in [9.17, 15) is 13.2 Å². The molecule has 7 nitrogen and oxygen atoms in total. The van der Waals surface area contributed by atoms with Gasteiger partial charge in [0.2, 0.25) is 0 Å². The Balaban J connectivity index is 1.54. The van der Waals surface area contributed by atoms with Gasteiger partial charge in [-0.15, -0.1) is 0 Å². The fraction of sp³-hybridized carbons (Fsp3) is 0.280. The van der Waals surface area contributed by atoms with E-state index in [1.54, 1.807) is 24.5 Å². The number of nitrogens with one attached hydrogen (secondary N) is 1. The van der Waals surface area contributed by atoms with Gasteiger partial charge in [0.05, 0.1) is 41.1 Å². The van der Waals surface area contributed by atoms with Crippen molar-refractivity contribution in [1.29, 1.82) is 0 Å². The van der Waals surface area contributed by atoms with Crippen molar-refractivity contribution < 1.29 is 17.9 Å². The Bertz CT molecular complexity index is 1380. The van der Waals surface area contributed by atoms with E-state index in [1.165, 1.54) is 12.1 Å². The highest BCUT2D eigenvalue weighted by Crippen LogP contribution is 2.32. The van der Waals surface area contributed by atoms with Gasteiger partial charge in [-0.1, -0.05) is 11.6 Å². The van der Waals surface area contributed by atoms with Crippen LogP contribution in [0, 0.1) is 0 Å². The van der Waals surface area contributed by atoms with Crippen LogP contribution >= 0.6 is 11.6 Å². The highest BCUT2D eigenvalue weighted by Gasteiger charge is 2.30. The Labute approximate surface area is 210 Å². The van der Waals surface area contributed by atoms with Crippen LogP contribution in [0.4, 0.5) is 24.7 Å². The standard InChI is InChI=1S/C25H22ClF3N6O/c1-15-13-35(9-10-36-15)14-21-33-20-11-16(22-19(26)3-2-8-30-22)12-31-23(20)24(34-21)32-18-6-4-17(5-7-18)25(27,28)29/h2-8,11-12,15H,9-10,13-14H2,1H3,(H,32,33,34)/t15-/m0/s1.